The van der Waals surface area contributed by atoms with Gasteiger partial charge in [0.15, 0.2) is 5.82 Å². The minimum Gasteiger partial charge on any atom is -0.371 e. The maximum atomic E-state index is 5.10. The molecule has 1 N–H and O–H groups in total. The van der Waals surface area contributed by atoms with Gasteiger partial charge in [0.05, 0.1) is 6.54 Å². The third-order valence-electron chi connectivity index (χ3n) is 3.60. The van der Waals surface area contributed by atoms with Crippen molar-refractivity contribution in [1.82, 2.24) is 15.5 Å². The van der Waals surface area contributed by atoms with Gasteiger partial charge in [-0.05, 0) is 31.4 Å². The van der Waals surface area contributed by atoms with Crippen molar-refractivity contribution >= 4 is 5.69 Å². The van der Waals surface area contributed by atoms with E-state index in [-0.39, 0.29) is 0 Å². The molecule has 0 bridgehead atoms. The van der Waals surface area contributed by atoms with E-state index in [1.54, 1.807) is 0 Å². The highest BCUT2D eigenvalue weighted by Gasteiger charge is 2.15. The lowest BCUT2D eigenvalue weighted by atomic mass is 10.1. The Morgan fingerprint density at radius 3 is 2.75 bits per heavy atom. The molecule has 0 unspecified atom stereocenters. The van der Waals surface area contributed by atoms with Crippen molar-refractivity contribution in [3.05, 3.63) is 41.5 Å². The summed E-state index contributed by atoms with van der Waals surface area (Å²) in [6, 6.07) is 8.59. The standard InChI is InChI=1S/C15H20N4O/c1-12-17-15(20-18-12)11-16-10-13-6-2-3-7-14(13)19-8-4-5-9-19/h2-3,6-7,16H,4-5,8-11H2,1H3. The molecule has 0 aliphatic carbocycles. The summed E-state index contributed by atoms with van der Waals surface area (Å²) in [4.78, 5) is 6.66. The van der Waals surface area contributed by atoms with E-state index in [0.29, 0.717) is 18.3 Å². The molecule has 5 nitrogen and oxygen atoms in total. The van der Waals surface area contributed by atoms with Crippen LogP contribution in [0.25, 0.3) is 0 Å². The summed E-state index contributed by atoms with van der Waals surface area (Å²) in [7, 11) is 0. The molecule has 1 aromatic carbocycles. The van der Waals surface area contributed by atoms with Crippen molar-refractivity contribution in [2.75, 3.05) is 18.0 Å². The van der Waals surface area contributed by atoms with Crippen LogP contribution < -0.4 is 10.2 Å². The lowest BCUT2D eigenvalue weighted by Gasteiger charge is -2.21. The van der Waals surface area contributed by atoms with Crippen LogP contribution in [0.5, 0.6) is 0 Å². The van der Waals surface area contributed by atoms with Crippen molar-refractivity contribution in [1.29, 1.82) is 0 Å². The number of aromatic nitrogens is 2. The zero-order chi connectivity index (χ0) is 13.8. The number of hydrogen-bond donors (Lipinski definition) is 1. The number of rotatable bonds is 5. The van der Waals surface area contributed by atoms with Crippen LogP contribution in [0.15, 0.2) is 28.8 Å². The van der Waals surface area contributed by atoms with Gasteiger partial charge in [-0.25, -0.2) is 0 Å². The second-order valence-electron chi connectivity index (χ2n) is 5.16. The molecule has 1 saturated heterocycles. The third kappa shape index (κ3) is 2.99. The van der Waals surface area contributed by atoms with Crippen LogP contribution >= 0.6 is 0 Å². The molecule has 0 atom stereocenters. The first-order valence-electron chi connectivity index (χ1n) is 7.16. The van der Waals surface area contributed by atoms with Gasteiger partial charge >= 0.3 is 0 Å². The fourth-order valence-corrected chi connectivity index (χ4v) is 2.64. The SMILES string of the molecule is Cc1noc(CNCc2ccccc2N2CCCC2)n1. The second kappa shape index (κ2) is 6.05. The van der Waals surface area contributed by atoms with Gasteiger partial charge in [0.2, 0.25) is 5.89 Å². The predicted octanol–water partition coefficient (Wildman–Crippen LogP) is 2.27. The summed E-state index contributed by atoms with van der Waals surface area (Å²) < 4.78 is 5.10. The molecule has 20 heavy (non-hydrogen) atoms. The van der Waals surface area contributed by atoms with Gasteiger partial charge in [-0.2, -0.15) is 4.98 Å². The van der Waals surface area contributed by atoms with Crippen LogP contribution in [0.4, 0.5) is 5.69 Å². The molecule has 0 radical (unpaired) electrons. The average Bonchev–Trinajstić information content (AvgIpc) is 3.11. The van der Waals surface area contributed by atoms with Crippen LogP contribution in [0.2, 0.25) is 0 Å². The Labute approximate surface area is 119 Å². The first-order valence-corrected chi connectivity index (χ1v) is 7.16. The molecule has 2 heterocycles. The number of hydrogen-bond acceptors (Lipinski definition) is 5. The quantitative estimate of drug-likeness (QED) is 0.905. The van der Waals surface area contributed by atoms with E-state index in [2.05, 4.69) is 44.6 Å². The van der Waals surface area contributed by atoms with E-state index in [0.717, 1.165) is 6.54 Å². The summed E-state index contributed by atoms with van der Waals surface area (Å²) in [5.74, 6) is 1.32. The fourth-order valence-electron chi connectivity index (χ4n) is 2.64. The highest BCUT2D eigenvalue weighted by Crippen LogP contribution is 2.24. The molecule has 1 aliphatic heterocycles. The van der Waals surface area contributed by atoms with Gasteiger partial charge in [0, 0.05) is 25.3 Å². The zero-order valence-electron chi connectivity index (χ0n) is 11.8. The Bertz CT molecular complexity index is 561. The summed E-state index contributed by atoms with van der Waals surface area (Å²) in [5, 5.41) is 7.16. The van der Waals surface area contributed by atoms with Crippen LogP contribution in [0, 0.1) is 6.92 Å². The van der Waals surface area contributed by atoms with E-state index in [4.69, 9.17) is 4.52 Å². The van der Waals surface area contributed by atoms with Crippen LogP contribution in [0.1, 0.15) is 30.1 Å². The van der Waals surface area contributed by atoms with E-state index in [1.807, 2.05) is 6.92 Å². The molecule has 1 aliphatic rings. The van der Waals surface area contributed by atoms with Crippen molar-refractivity contribution in [3.8, 4) is 0 Å². The molecular weight excluding hydrogens is 252 g/mol. The van der Waals surface area contributed by atoms with Gasteiger partial charge in [-0.3, -0.25) is 0 Å². The first kappa shape index (κ1) is 13.1. The normalized spacial score (nSPS) is 14.9. The maximum absolute atomic E-state index is 5.10. The minimum atomic E-state index is 0.606. The van der Waals surface area contributed by atoms with E-state index in [1.165, 1.54) is 37.2 Å². The minimum absolute atomic E-state index is 0.606. The molecule has 0 amide bonds. The smallest absolute Gasteiger partial charge is 0.240 e. The Morgan fingerprint density at radius 2 is 2.00 bits per heavy atom. The van der Waals surface area contributed by atoms with Crippen LogP contribution in [-0.4, -0.2) is 23.2 Å². The third-order valence-corrected chi connectivity index (χ3v) is 3.60. The molecule has 5 heteroatoms. The first-order chi connectivity index (χ1) is 9.83. The number of benzene rings is 1. The Hall–Kier alpha value is -1.88. The number of para-hydroxylation sites is 1. The molecule has 1 aromatic heterocycles. The second-order valence-corrected chi connectivity index (χ2v) is 5.16. The van der Waals surface area contributed by atoms with Crippen LogP contribution in [0.3, 0.4) is 0 Å². The lowest BCUT2D eigenvalue weighted by molar-refractivity contribution is 0.364. The molecule has 106 valence electrons. The van der Waals surface area contributed by atoms with Crippen molar-refractivity contribution in [2.24, 2.45) is 0 Å². The largest absolute Gasteiger partial charge is 0.371 e. The number of nitrogens with one attached hydrogen (secondary N) is 1. The Balaban J connectivity index is 1.62. The summed E-state index contributed by atoms with van der Waals surface area (Å²) >= 11 is 0. The highest BCUT2D eigenvalue weighted by atomic mass is 16.5. The summed E-state index contributed by atoms with van der Waals surface area (Å²) in [5.41, 5.74) is 2.67. The molecule has 0 saturated carbocycles. The Morgan fingerprint density at radius 1 is 1.20 bits per heavy atom. The lowest BCUT2D eigenvalue weighted by Crippen LogP contribution is -2.21. The van der Waals surface area contributed by atoms with Gasteiger partial charge < -0.3 is 14.7 Å². The maximum Gasteiger partial charge on any atom is 0.240 e. The Kier molecular flexibility index (Phi) is 3.97. The van der Waals surface area contributed by atoms with Gasteiger partial charge in [0.1, 0.15) is 0 Å². The van der Waals surface area contributed by atoms with Gasteiger partial charge in [-0.1, -0.05) is 23.4 Å². The summed E-state index contributed by atoms with van der Waals surface area (Å²) in [6.07, 6.45) is 2.59. The molecule has 3 rings (SSSR count). The van der Waals surface area contributed by atoms with Gasteiger partial charge in [-0.15, -0.1) is 0 Å². The van der Waals surface area contributed by atoms with Crippen LogP contribution in [-0.2, 0) is 13.1 Å². The topological polar surface area (TPSA) is 54.2 Å². The number of anilines is 1. The zero-order valence-corrected chi connectivity index (χ0v) is 11.8. The molecule has 1 fully saturated rings. The van der Waals surface area contributed by atoms with Gasteiger partial charge in [0.25, 0.3) is 0 Å². The van der Waals surface area contributed by atoms with E-state index < -0.39 is 0 Å². The monoisotopic (exact) mass is 272 g/mol. The number of nitrogens with zero attached hydrogens (tertiary/aromatic N) is 3. The van der Waals surface area contributed by atoms with Crippen molar-refractivity contribution in [2.45, 2.75) is 32.9 Å². The molecular formula is C15H20N4O. The van der Waals surface area contributed by atoms with Crippen molar-refractivity contribution in [3.63, 3.8) is 0 Å². The fraction of sp³-hybridized carbons (Fsp3) is 0.467. The van der Waals surface area contributed by atoms with Crippen molar-refractivity contribution < 1.29 is 4.52 Å². The van der Waals surface area contributed by atoms with E-state index >= 15 is 0 Å². The number of aryl methyl sites for hydroxylation is 1. The van der Waals surface area contributed by atoms with E-state index in [9.17, 15) is 0 Å². The summed E-state index contributed by atoms with van der Waals surface area (Å²) in [6.45, 7) is 5.58. The highest BCUT2D eigenvalue weighted by molar-refractivity contribution is 5.54. The average molecular weight is 272 g/mol. The molecule has 0 spiro atoms. The predicted molar refractivity (Wildman–Crippen MR) is 77.5 cm³/mol. The molecule has 2 aromatic rings.